The first-order valence-electron chi connectivity index (χ1n) is 4.13. The second-order valence-electron chi connectivity index (χ2n) is 2.66. The Bertz CT molecular complexity index is 341. The second kappa shape index (κ2) is 4.97. The van der Waals surface area contributed by atoms with Crippen LogP contribution in [-0.4, -0.2) is 11.9 Å². The number of hydrogen-bond acceptors (Lipinski definition) is 3. The van der Waals surface area contributed by atoms with Crippen LogP contribution in [0.3, 0.4) is 0 Å². The molecular formula is C11H10O3. The molecule has 0 aliphatic heterocycles. The quantitative estimate of drug-likeness (QED) is 0.412. The topological polar surface area (TPSA) is 43.4 Å². The fraction of sp³-hybridized carbons (Fsp3) is 0.0909. The van der Waals surface area contributed by atoms with Crippen LogP contribution >= 0.6 is 0 Å². The highest BCUT2D eigenvalue weighted by Gasteiger charge is 2.07. The molecule has 0 heterocycles. The van der Waals surface area contributed by atoms with E-state index in [0.717, 1.165) is 11.6 Å². The van der Waals surface area contributed by atoms with Crippen LogP contribution in [0.4, 0.5) is 0 Å². The van der Waals surface area contributed by atoms with Crippen LogP contribution in [0.2, 0.25) is 0 Å². The van der Waals surface area contributed by atoms with Crippen molar-refractivity contribution in [1.29, 1.82) is 0 Å². The van der Waals surface area contributed by atoms with Gasteiger partial charge in [-0.25, -0.2) is 4.79 Å². The van der Waals surface area contributed by atoms with E-state index in [-0.39, 0.29) is 6.42 Å². The molecule has 3 nitrogen and oxygen atoms in total. The van der Waals surface area contributed by atoms with Crippen molar-refractivity contribution >= 4 is 11.9 Å². The average molecular weight is 190 g/mol. The molecule has 1 aromatic carbocycles. The normalized spacial score (nSPS) is 9.14. The smallest absolute Gasteiger partial charge is 0.337 e. The van der Waals surface area contributed by atoms with Crippen molar-refractivity contribution in [2.24, 2.45) is 0 Å². The molecule has 3 heteroatoms. The van der Waals surface area contributed by atoms with E-state index in [1.165, 1.54) is 0 Å². The molecule has 14 heavy (non-hydrogen) atoms. The zero-order chi connectivity index (χ0) is 10.4. The lowest BCUT2D eigenvalue weighted by Gasteiger charge is -1.99. The van der Waals surface area contributed by atoms with E-state index in [0.29, 0.717) is 0 Å². The maximum absolute atomic E-state index is 11.1. The summed E-state index contributed by atoms with van der Waals surface area (Å²) in [7, 11) is 0. The molecule has 0 saturated carbocycles. The van der Waals surface area contributed by atoms with Crippen LogP contribution in [0.1, 0.15) is 5.56 Å². The van der Waals surface area contributed by atoms with Gasteiger partial charge in [0.15, 0.2) is 0 Å². The third kappa shape index (κ3) is 3.23. The van der Waals surface area contributed by atoms with E-state index in [1.54, 1.807) is 12.1 Å². The maximum Gasteiger partial charge on any atom is 0.337 e. The summed E-state index contributed by atoms with van der Waals surface area (Å²) in [6.07, 6.45) is 1.06. The minimum atomic E-state index is -0.717. The summed E-state index contributed by atoms with van der Waals surface area (Å²) < 4.78 is 4.41. The van der Waals surface area contributed by atoms with Crippen LogP contribution in [-0.2, 0) is 20.7 Å². The Hall–Kier alpha value is -1.90. The average Bonchev–Trinajstić information content (AvgIpc) is 2.19. The molecule has 0 amide bonds. The van der Waals surface area contributed by atoms with Crippen molar-refractivity contribution < 1.29 is 14.3 Å². The van der Waals surface area contributed by atoms with Crippen molar-refractivity contribution in [3.8, 4) is 0 Å². The first kappa shape index (κ1) is 10.2. The van der Waals surface area contributed by atoms with Gasteiger partial charge in [-0.3, -0.25) is 4.79 Å². The Morgan fingerprint density at radius 1 is 1.29 bits per heavy atom. The van der Waals surface area contributed by atoms with Gasteiger partial charge in [0.25, 0.3) is 0 Å². The molecule has 0 atom stereocenters. The molecule has 1 rings (SSSR count). The Balaban J connectivity index is 2.50. The van der Waals surface area contributed by atoms with Crippen LogP contribution in [0, 0.1) is 0 Å². The van der Waals surface area contributed by atoms with Gasteiger partial charge in [-0.05, 0) is 5.56 Å². The molecule has 0 aliphatic rings. The number of carbonyl (C=O) groups excluding carboxylic acids is 2. The van der Waals surface area contributed by atoms with Crippen molar-refractivity contribution in [2.45, 2.75) is 6.42 Å². The van der Waals surface area contributed by atoms with Gasteiger partial charge in [-0.15, -0.1) is 0 Å². The molecule has 0 bridgehead atoms. The van der Waals surface area contributed by atoms with Crippen LogP contribution in [0.5, 0.6) is 0 Å². The summed E-state index contributed by atoms with van der Waals surface area (Å²) in [6.45, 7) is 3.19. The molecule has 72 valence electrons. The summed E-state index contributed by atoms with van der Waals surface area (Å²) in [5, 5.41) is 0. The number of rotatable bonds is 3. The molecule has 1 aromatic rings. The molecule has 0 N–H and O–H groups in total. The van der Waals surface area contributed by atoms with E-state index < -0.39 is 11.9 Å². The van der Waals surface area contributed by atoms with Crippen molar-refractivity contribution in [1.82, 2.24) is 0 Å². The second-order valence-corrected chi connectivity index (χ2v) is 2.66. The third-order valence-electron chi connectivity index (χ3n) is 1.57. The van der Waals surface area contributed by atoms with E-state index in [9.17, 15) is 9.59 Å². The van der Waals surface area contributed by atoms with Crippen molar-refractivity contribution in [3.05, 3.63) is 48.6 Å². The molecule has 0 radical (unpaired) electrons. The van der Waals surface area contributed by atoms with Gasteiger partial charge in [0.1, 0.15) is 0 Å². The van der Waals surface area contributed by atoms with Gasteiger partial charge in [0, 0.05) is 6.08 Å². The maximum atomic E-state index is 11.1. The van der Waals surface area contributed by atoms with Crippen LogP contribution in [0.25, 0.3) is 0 Å². The molecule has 0 fully saturated rings. The summed E-state index contributed by atoms with van der Waals surface area (Å²) in [5.74, 6) is -1.29. The van der Waals surface area contributed by atoms with Crippen LogP contribution < -0.4 is 0 Å². The number of esters is 2. The van der Waals surface area contributed by atoms with Crippen molar-refractivity contribution in [2.75, 3.05) is 0 Å². The molecule has 0 aliphatic carbocycles. The fourth-order valence-electron chi connectivity index (χ4n) is 0.952. The number of carbonyl (C=O) groups is 2. The van der Waals surface area contributed by atoms with Gasteiger partial charge >= 0.3 is 11.9 Å². The predicted molar refractivity (Wildman–Crippen MR) is 51.4 cm³/mol. The number of benzene rings is 1. The van der Waals surface area contributed by atoms with Crippen molar-refractivity contribution in [3.63, 3.8) is 0 Å². The zero-order valence-corrected chi connectivity index (χ0v) is 7.60. The SMILES string of the molecule is C=CC(=O)OC(=O)Cc1ccccc1. The van der Waals surface area contributed by atoms with Gasteiger partial charge in [0.05, 0.1) is 6.42 Å². The molecule has 0 unspecified atom stereocenters. The monoisotopic (exact) mass is 190 g/mol. The Labute approximate surface area is 82.0 Å². The summed E-state index contributed by atoms with van der Waals surface area (Å²) in [5.41, 5.74) is 0.814. The number of hydrogen-bond donors (Lipinski definition) is 0. The van der Waals surface area contributed by atoms with E-state index >= 15 is 0 Å². The first-order valence-corrected chi connectivity index (χ1v) is 4.13. The van der Waals surface area contributed by atoms with Gasteiger partial charge in [-0.1, -0.05) is 36.9 Å². The summed E-state index contributed by atoms with van der Waals surface area (Å²) >= 11 is 0. The first-order chi connectivity index (χ1) is 6.72. The standard InChI is InChI=1S/C11H10O3/c1-2-10(12)14-11(13)8-9-6-4-3-5-7-9/h2-7H,1,8H2. The zero-order valence-electron chi connectivity index (χ0n) is 7.60. The molecule has 0 aromatic heterocycles. The van der Waals surface area contributed by atoms with E-state index in [2.05, 4.69) is 11.3 Å². The largest absolute Gasteiger partial charge is 0.390 e. The van der Waals surface area contributed by atoms with Gasteiger partial charge in [0.2, 0.25) is 0 Å². The number of ether oxygens (including phenoxy) is 1. The lowest BCUT2D eigenvalue weighted by atomic mass is 10.2. The lowest BCUT2D eigenvalue weighted by molar-refractivity contribution is -0.155. The van der Waals surface area contributed by atoms with E-state index in [4.69, 9.17) is 0 Å². The van der Waals surface area contributed by atoms with Gasteiger partial charge < -0.3 is 4.74 Å². The Morgan fingerprint density at radius 2 is 1.93 bits per heavy atom. The summed E-state index contributed by atoms with van der Waals surface area (Å²) in [6, 6.07) is 9.07. The van der Waals surface area contributed by atoms with Gasteiger partial charge in [-0.2, -0.15) is 0 Å². The highest BCUT2D eigenvalue weighted by molar-refractivity contribution is 5.92. The molecule has 0 saturated heterocycles. The fourth-order valence-corrected chi connectivity index (χ4v) is 0.952. The predicted octanol–water partition coefficient (Wildman–Crippen LogP) is 1.48. The van der Waals surface area contributed by atoms with E-state index in [1.807, 2.05) is 18.2 Å². The minimum Gasteiger partial charge on any atom is -0.390 e. The Morgan fingerprint density at radius 3 is 2.50 bits per heavy atom. The minimum absolute atomic E-state index is 0.0976. The highest BCUT2D eigenvalue weighted by atomic mass is 16.6. The lowest BCUT2D eigenvalue weighted by Crippen LogP contribution is -2.12. The Kier molecular flexibility index (Phi) is 3.61. The third-order valence-corrected chi connectivity index (χ3v) is 1.57. The summed E-state index contributed by atoms with van der Waals surface area (Å²) in [4.78, 5) is 21.7. The highest BCUT2D eigenvalue weighted by Crippen LogP contribution is 2.00. The van der Waals surface area contributed by atoms with Crippen LogP contribution in [0.15, 0.2) is 43.0 Å². The molecule has 0 spiro atoms. The molecular weight excluding hydrogens is 180 g/mol.